The summed E-state index contributed by atoms with van der Waals surface area (Å²) in [5.41, 5.74) is 1.15. The number of carbonyl (C=O) groups excluding carboxylic acids is 2. The Balaban J connectivity index is 1.84. The maximum atomic E-state index is 13.6. The topological polar surface area (TPSA) is 142 Å². The summed E-state index contributed by atoms with van der Waals surface area (Å²) in [4.78, 5) is 31.6. The Labute approximate surface area is 214 Å². The molecule has 2 N–H and O–H groups in total. The SMILES string of the molecule is COc1cc(C(=O)N(CCCc2ccc(C)o2)Cc2nc(C(=O)CS(N)(=O)=O)cs2)cc(OC)c1C. The number of ether oxygens (including phenoxy) is 2. The molecule has 2 aromatic heterocycles. The molecule has 1 amide bonds. The zero-order valence-corrected chi connectivity index (χ0v) is 22.2. The van der Waals surface area contributed by atoms with Crippen LogP contribution in [0.4, 0.5) is 0 Å². The van der Waals surface area contributed by atoms with Crippen molar-refractivity contribution >= 4 is 33.1 Å². The van der Waals surface area contributed by atoms with Crippen LogP contribution in [0.15, 0.2) is 34.1 Å². The summed E-state index contributed by atoms with van der Waals surface area (Å²) in [7, 11) is -0.925. The maximum absolute atomic E-state index is 13.6. The van der Waals surface area contributed by atoms with Gasteiger partial charge in [0.05, 0.1) is 20.8 Å². The third-order valence-electron chi connectivity index (χ3n) is 5.43. The number of benzene rings is 1. The van der Waals surface area contributed by atoms with Crippen molar-refractivity contribution in [1.82, 2.24) is 9.88 Å². The van der Waals surface area contributed by atoms with Crippen LogP contribution in [0.1, 0.15) is 49.4 Å². The number of nitrogens with zero attached hydrogens (tertiary/aromatic N) is 2. The molecule has 36 heavy (non-hydrogen) atoms. The molecule has 194 valence electrons. The van der Waals surface area contributed by atoms with Gasteiger partial charge in [-0.3, -0.25) is 9.59 Å². The van der Waals surface area contributed by atoms with E-state index in [0.717, 1.165) is 17.1 Å². The van der Waals surface area contributed by atoms with Gasteiger partial charge in [-0.15, -0.1) is 11.3 Å². The van der Waals surface area contributed by atoms with Crippen LogP contribution in [0.25, 0.3) is 0 Å². The molecule has 0 atom stereocenters. The normalized spacial score (nSPS) is 11.4. The summed E-state index contributed by atoms with van der Waals surface area (Å²) in [6.07, 6.45) is 1.26. The molecule has 0 fully saturated rings. The number of carbonyl (C=O) groups is 2. The number of rotatable bonds is 12. The summed E-state index contributed by atoms with van der Waals surface area (Å²) in [5, 5.41) is 6.93. The first kappa shape index (κ1) is 27.4. The minimum atomic E-state index is -3.97. The van der Waals surface area contributed by atoms with Gasteiger partial charge in [-0.1, -0.05) is 0 Å². The number of furan rings is 1. The predicted octanol–water partition coefficient (Wildman–Crippen LogP) is 3.12. The number of primary sulfonamides is 1. The Morgan fingerprint density at radius 3 is 2.36 bits per heavy atom. The number of ketones is 1. The van der Waals surface area contributed by atoms with Gasteiger partial charge in [0.25, 0.3) is 5.91 Å². The van der Waals surface area contributed by atoms with Crippen LogP contribution in [0, 0.1) is 13.8 Å². The fourth-order valence-electron chi connectivity index (χ4n) is 3.64. The van der Waals surface area contributed by atoms with Crippen molar-refractivity contribution < 1.29 is 31.9 Å². The summed E-state index contributed by atoms with van der Waals surface area (Å²) in [6.45, 7) is 4.22. The second-order valence-corrected chi connectivity index (χ2v) is 10.8. The molecule has 10 nitrogen and oxygen atoms in total. The molecule has 0 aliphatic carbocycles. The lowest BCUT2D eigenvalue weighted by Crippen LogP contribution is -2.32. The Morgan fingerprint density at radius 1 is 1.14 bits per heavy atom. The minimum absolute atomic E-state index is 0.00107. The maximum Gasteiger partial charge on any atom is 0.254 e. The van der Waals surface area contributed by atoms with Crippen molar-refractivity contribution in [3.8, 4) is 11.5 Å². The van der Waals surface area contributed by atoms with Crippen molar-refractivity contribution in [3.63, 3.8) is 0 Å². The molecule has 0 saturated carbocycles. The number of methoxy groups -OCH3 is 2. The first-order valence-corrected chi connectivity index (χ1v) is 13.7. The fraction of sp³-hybridized carbons (Fsp3) is 0.375. The van der Waals surface area contributed by atoms with E-state index in [9.17, 15) is 18.0 Å². The van der Waals surface area contributed by atoms with Gasteiger partial charge < -0.3 is 18.8 Å². The molecule has 0 aliphatic rings. The van der Waals surface area contributed by atoms with Crippen LogP contribution in [-0.2, 0) is 23.0 Å². The Bertz CT molecular complexity index is 1320. The zero-order valence-electron chi connectivity index (χ0n) is 20.6. The Kier molecular flexibility index (Phi) is 8.88. The van der Waals surface area contributed by atoms with Crippen molar-refractivity contribution in [2.45, 2.75) is 33.2 Å². The predicted molar refractivity (Wildman–Crippen MR) is 135 cm³/mol. The standard InChI is InChI=1S/C24H29N3O7S2/c1-15-7-8-18(34-15)6-5-9-27(12-23-26-19(13-35-23)20(28)14-36(25,30)31)24(29)17-10-21(32-3)16(2)22(11-17)33-4/h7-8,10-11,13H,5-6,9,12,14H2,1-4H3,(H2,25,30,31). The van der Waals surface area contributed by atoms with Gasteiger partial charge in [-0.2, -0.15) is 0 Å². The summed E-state index contributed by atoms with van der Waals surface area (Å²) in [5.74, 6) is 0.890. The molecule has 0 aliphatic heterocycles. The van der Waals surface area contributed by atoms with Crippen molar-refractivity contribution in [2.24, 2.45) is 5.14 Å². The van der Waals surface area contributed by atoms with Crippen LogP contribution in [0.2, 0.25) is 0 Å². The van der Waals surface area contributed by atoms with Crippen molar-refractivity contribution in [2.75, 3.05) is 26.5 Å². The highest BCUT2D eigenvalue weighted by Gasteiger charge is 2.22. The fourth-order valence-corrected chi connectivity index (χ4v) is 4.97. The summed E-state index contributed by atoms with van der Waals surface area (Å²) < 4.78 is 39.0. The summed E-state index contributed by atoms with van der Waals surface area (Å²) >= 11 is 1.17. The van der Waals surface area contributed by atoms with Gasteiger partial charge in [-0.05, 0) is 44.5 Å². The number of thiazole rings is 1. The molecule has 0 spiro atoms. The molecular formula is C24H29N3O7S2. The van der Waals surface area contributed by atoms with Gasteiger partial charge in [0.1, 0.15) is 39.5 Å². The molecule has 3 rings (SSSR count). The molecule has 0 bridgehead atoms. The molecule has 0 saturated heterocycles. The van der Waals surface area contributed by atoms with Crippen LogP contribution in [0.3, 0.4) is 0 Å². The third kappa shape index (κ3) is 7.15. The van der Waals surface area contributed by atoms with Gasteiger partial charge in [0, 0.05) is 29.5 Å². The van der Waals surface area contributed by atoms with Crippen LogP contribution in [0.5, 0.6) is 11.5 Å². The van der Waals surface area contributed by atoms with Crippen molar-refractivity contribution in [1.29, 1.82) is 0 Å². The highest BCUT2D eigenvalue weighted by atomic mass is 32.2. The van der Waals surface area contributed by atoms with Crippen LogP contribution in [-0.4, -0.2) is 56.5 Å². The van der Waals surface area contributed by atoms with E-state index in [1.54, 1.807) is 17.0 Å². The lowest BCUT2D eigenvalue weighted by atomic mass is 10.1. The van der Waals surface area contributed by atoms with E-state index in [1.807, 2.05) is 26.0 Å². The smallest absolute Gasteiger partial charge is 0.254 e. The second-order valence-electron chi connectivity index (χ2n) is 8.21. The number of sulfonamides is 1. The Morgan fingerprint density at radius 2 is 1.81 bits per heavy atom. The molecule has 12 heteroatoms. The molecule has 0 unspecified atom stereocenters. The number of hydrogen-bond donors (Lipinski definition) is 1. The highest BCUT2D eigenvalue weighted by molar-refractivity contribution is 7.89. The average Bonchev–Trinajstić information content (AvgIpc) is 3.46. The van der Waals surface area contributed by atoms with E-state index in [1.165, 1.54) is 30.9 Å². The quantitative estimate of drug-likeness (QED) is 0.349. The monoisotopic (exact) mass is 535 g/mol. The van der Waals surface area contributed by atoms with Gasteiger partial charge in [-0.25, -0.2) is 18.5 Å². The molecule has 0 radical (unpaired) electrons. The second kappa shape index (κ2) is 11.7. The Hall–Kier alpha value is -3.22. The highest BCUT2D eigenvalue weighted by Crippen LogP contribution is 2.30. The third-order valence-corrected chi connectivity index (χ3v) is 6.93. The number of aromatic nitrogens is 1. The number of amides is 1. The van der Waals surface area contributed by atoms with Crippen LogP contribution >= 0.6 is 11.3 Å². The van der Waals surface area contributed by atoms with E-state index in [2.05, 4.69) is 4.98 Å². The van der Waals surface area contributed by atoms with E-state index in [0.29, 0.717) is 41.5 Å². The number of Topliss-reactive ketones (excluding diaryl/α,β-unsaturated/α-hetero) is 1. The first-order chi connectivity index (χ1) is 17.0. The number of hydrogen-bond acceptors (Lipinski definition) is 9. The van der Waals surface area contributed by atoms with Gasteiger partial charge in [0.15, 0.2) is 5.78 Å². The van der Waals surface area contributed by atoms with Gasteiger partial charge in [0.2, 0.25) is 10.0 Å². The van der Waals surface area contributed by atoms with Gasteiger partial charge >= 0.3 is 0 Å². The molecule has 2 heterocycles. The van der Waals surface area contributed by atoms with Crippen LogP contribution < -0.4 is 14.6 Å². The summed E-state index contributed by atoms with van der Waals surface area (Å²) in [6, 6.07) is 7.11. The lowest BCUT2D eigenvalue weighted by Gasteiger charge is -2.23. The molecular weight excluding hydrogens is 506 g/mol. The minimum Gasteiger partial charge on any atom is -0.496 e. The van der Waals surface area contributed by atoms with E-state index in [4.69, 9.17) is 19.0 Å². The molecule has 3 aromatic rings. The van der Waals surface area contributed by atoms with E-state index >= 15 is 0 Å². The largest absolute Gasteiger partial charge is 0.496 e. The number of nitrogens with two attached hydrogens (primary N) is 1. The van der Waals surface area contributed by atoms with E-state index < -0.39 is 21.6 Å². The lowest BCUT2D eigenvalue weighted by molar-refractivity contribution is 0.0739. The zero-order chi connectivity index (χ0) is 26.5. The number of aryl methyl sites for hydroxylation is 2. The van der Waals surface area contributed by atoms with E-state index in [-0.39, 0.29) is 18.1 Å². The molecule has 1 aromatic carbocycles. The first-order valence-electron chi connectivity index (χ1n) is 11.1. The average molecular weight is 536 g/mol. The van der Waals surface area contributed by atoms with Crippen molar-refractivity contribution in [3.05, 3.63) is 63.0 Å².